The van der Waals surface area contributed by atoms with E-state index in [1.807, 2.05) is 11.8 Å². The fourth-order valence-electron chi connectivity index (χ4n) is 1.87. The average Bonchev–Trinajstić information content (AvgIpc) is 2.18. The van der Waals surface area contributed by atoms with Gasteiger partial charge in [-0.05, 0) is 20.8 Å². The van der Waals surface area contributed by atoms with Crippen molar-refractivity contribution in [3.63, 3.8) is 0 Å². The van der Waals surface area contributed by atoms with Gasteiger partial charge in [-0.3, -0.25) is 14.5 Å². The normalized spacial score (nSPS) is 23.3. The molecule has 4 nitrogen and oxygen atoms in total. The second kappa shape index (κ2) is 5.26. The quantitative estimate of drug-likeness (QED) is 0.682. The summed E-state index contributed by atoms with van der Waals surface area (Å²) in [4.78, 5) is 26.5. The van der Waals surface area contributed by atoms with Crippen LogP contribution in [0.1, 0.15) is 27.2 Å². The van der Waals surface area contributed by atoms with Crippen molar-refractivity contribution in [3.05, 3.63) is 0 Å². The number of rotatable bonds is 4. The van der Waals surface area contributed by atoms with Crippen LogP contribution in [0.25, 0.3) is 0 Å². The first-order valence-corrected chi connectivity index (χ1v) is 5.55. The first-order chi connectivity index (χ1) is 7.04. The molecule has 1 aliphatic rings. The molecule has 1 unspecified atom stereocenters. The zero-order chi connectivity index (χ0) is 11.4. The summed E-state index contributed by atoms with van der Waals surface area (Å²) in [6.07, 6.45) is 0.545. The Morgan fingerprint density at radius 1 is 1.53 bits per heavy atom. The summed E-state index contributed by atoms with van der Waals surface area (Å²) in [6.45, 7) is 8.43. The predicted molar refractivity (Wildman–Crippen MR) is 58.6 cm³/mol. The van der Waals surface area contributed by atoms with Gasteiger partial charge in [-0.2, -0.15) is 0 Å². The maximum atomic E-state index is 11.6. The van der Waals surface area contributed by atoms with Crippen LogP contribution in [-0.2, 0) is 9.59 Å². The molecule has 0 bridgehead atoms. The molecule has 1 atom stereocenters. The molecule has 1 saturated heterocycles. The van der Waals surface area contributed by atoms with E-state index in [9.17, 15) is 9.59 Å². The number of hydrogen-bond donors (Lipinski definition) is 0. The number of carbonyl (C=O) groups excluding carboxylic acids is 2. The molecule has 0 aromatic rings. The van der Waals surface area contributed by atoms with Gasteiger partial charge in [-0.15, -0.1) is 0 Å². The van der Waals surface area contributed by atoms with Gasteiger partial charge >= 0.3 is 0 Å². The van der Waals surface area contributed by atoms with E-state index in [1.54, 1.807) is 6.92 Å². The second-order valence-corrected chi connectivity index (χ2v) is 4.20. The molecule has 4 heteroatoms. The predicted octanol–water partition coefficient (Wildman–Crippen LogP) is 0.518. The first kappa shape index (κ1) is 12.2. The van der Waals surface area contributed by atoms with Crippen molar-refractivity contribution in [1.82, 2.24) is 9.80 Å². The first-order valence-electron chi connectivity index (χ1n) is 5.55. The summed E-state index contributed by atoms with van der Waals surface area (Å²) in [5.41, 5.74) is 0. The van der Waals surface area contributed by atoms with Crippen molar-refractivity contribution in [3.8, 4) is 0 Å². The average molecular weight is 212 g/mol. The molecule has 1 fully saturated rings. The summed E-state index contributed by atoms with van der Waals surface area (Å²) in [6, 6.07) is 0.363. The number of amides is 1. The fraction of sp³-hybridized carbons (Fsp3) is 0.818. The maximum Gasteiger partial charge on any atom is 0.236 e. The van der Waals surface area contributed by atoms with Crippen molar-refractivity contribution in [2.75, 3.05) is 26.2 Å². The Morgan fingerprint density at radius 3 is 2.73 bits per heavy atom. The molecular weight excluding hydrogens is 192 g/mol. The highest BCUT2D eigenvalue weighted by Crippen LogP contribution is 2.10. The van der Waals surface area contributed by atoms with E-state index < -0.39 is 0 Å². The van der Waals surface area contributed by atoms with Crippen molar-refractivity contribution >= 4 is 11.7 Å². The van der Waals surface area contributed by atoms with E-state index in [4.69, 9.17) is 0 Å². The Morgan fingerprint density at radius 2 is 2.20 bits per heavy atom. The van der Waals surface area contributed by atoms with Gasteiger partial charge in [-0.1, -0.05) is 0 Å². The summed E-state index contributed by atoms with van der Waals surface area (Å²) >= 11 is 0. The van der Waals surface area contributed by atoms with Crippen LogP contribution in [0.2, 0.25) is 0 Å². The summed E-state index contributed by atoms with van der Waals surface area (Å²) in [5, 5.41) is 0. The van der Waals surface area contributed by atoms with Gasteiger partial charge in [0, 0.05) is 32.1 Å². The molecular formula is C11H20N2O2. The smallest absolute Gasteiger partial charge is 0.236 e. The van der Waals surface area contributed by atoms with E-state index in [0.717, 1.165) is 13.1 Å². The molecule has 1 heterocycles. The zero-order valence-electron chi connectivity index (χ0n) is 9.82. The van der Waals surface area contributed by atoms with Gasteiger partial charge in [0.15, 0.2) is 0 Å². The summed E-state index contributed by atoms with van der Waals surface area (Å²) < 4.78 is 0. The molecule has 0 aliphatic carbocycles. The van der Waals surface area contributed by atoms with Crippen LogP contribution in [0, 0.1) is 0 Å². The van der Waals surface area contributed by atoms with Gasteiger partial charge in [-0.25, -0.2) is 0 Å². The van der Waals surface area contributed by atoms with E-state index in [2.05, 4.69) is 11.8 Å². The number of piperazine rings is 1. The van der Waals surface area contributed by atoms with Crippen LogP contribution in [-0.4, -0.2) is 53.7 Å². The minimum absolute atomic E-state index is 0.180. The third-order valence-electron chi connectivity index (χ3n) is 2.93. The molecule has 1 aliphatic heterocycles. The monoisotopic (exact) mass is 212 g/mol. The fourth-order valence-corrected chi connectivity index (χ4v) is 1.87. The van der Waals surface area contributed by atoms with Gasteiger partial charge in [0.1, 0.15) is 5.78 Å². The number of hydrogen-bond acceptors (Lipinski definition) is 3. The Bertz CT molecular complexity index is 253. The lowest BCUT2D eigenvalue weighted by Crippen LogP contribution is -2.55. The van der Waals surface area contributed by atoms with Gasteiger partial charge in [0.25, 0.3) is 0 Å². The van der Waals surface area contributed by atoms with Crippen molar-refractivity contribution < 1.29 is 9.59 Å². The highest BCUT2D eigenvalue weighted by atomic mass is 16.2. The summed E-state index contributed by atoms with van der Waals surface area (Å²) in [5.74, 6) is 0.367. The second-order valence-electron chi connectivity index (χ2n) is 4.20. The number of carbonyl (C=O) groups is 2. The molecule has 0 spiro atoms. The van der Waals surface area contributed by atoms with Gasteiger partial charge in [0.2, 0.25) is 5.91 Å². The van der Waals surface area contributed by atoms with E-state index in [-0.39, 0.29) is 11.7 Å². The zero-order valence-corrected chi connectivity index (χ0v) is 9.82. The molecule has 0 radical (unpaired) electrons. The van der Waals surface area contributed by atoms with Gasteiger partial charge < -0.3 is 4.90 Å². The third kappa shape index (κ3) is 3.30. The molecule has 15 heavy (non-hydrogen) atoms. The summed E-state index contributed by atoms with van der Waals surface area (Å²) in [7, 11) is 0. The highest BCUT2D eigenvalue weighted by Gasteiger charge is 2.27. The van der Waals surface area contributed by atoms with Crippen LogP contribution in [0.3, 0.4) is 0 Å². The topological polar surface area (TPSA) is 40.6 Å². The van der Waals surface area contributed by atoms with E-state index >= 15 is 0 Å². The van der Waals surface area contributed by atoms with Crippen LogP contribution < -0.4 is 0 Å². The highest BCUT2D eigenvalue weighted by molar-refractivity contribution is 5.79. The van der Waals surface area contributed by atoms with Crippen molar-refractivity contribution in [2.24, 2.45) is 0 Å². The molecule has 1 rings (SSSR count). The molecule has 0 N–H and O–H groups in total. The molecule has 86 valence electrons. The lowest BCUT2D eigenvalue weighted by molar-refractivity contribution is -0.138. The molecule has 0 aromatic carbocycles. The SMILES string of the molecule is CCN1CC(C)N(CCC(C)=O)CC1=O. The van der Waals surface area contributed by atoms with E-state index in [1.165, 1.54) is 0 Å². The lowest BCUT2D eigenvalue weighted by atomic mass is 10.1. The number of nitrogens with zero attached hydrogens (tertiary/aromatic N) is 2. The van der Waals surface area contributed by atoms with Crippen molar-refractivity contribution in [1.29, 1.82) is 0 Å². The molecule has 1 amide bonds. The Balaban J connectivity index is 2.47. The number of likely N-dealkylation sites (N-methyl/N-ethyl adjacent to an activating group) is 1. The largest absolute Gasteiger partial charge is 0.340 e. The minimum atomic E-state index is 0.180. The number of ketones is 1. The maximum absolute atomic E-state index is 11.6. The lowest BCUT2D eigenvalue weighted by Gasteiger charge is -2.38. The van der Waals surface area contributed by atoms with Crippen molar-refractivity contribution in [2.45, 2.75) is 33.2 Å². The minimum Gasteiger partial charge on any atom is -0.340 e. The standard InChI is InChI=1S/C11H20N2O2/c1-4-12-7-9(2)13(8-11(12)15)6-5-10(3)14/h9H,4-8H2,1-3H3. The van der Waals surface area contributed by atoms with Gasteiger partial charge in [0.05, 0.1) is 6.54 Å². The molecule has 0 aromatic heterocycles. The van der Waals surface area contributed by atoms with E-state index in [0.29, 0.717) is 25.6 Å². The Labute approximate surface area is 91.2 Å². The molecule has 0 saturated carbocycles. The number of Topliss-reactive ketones (excluding diaryl/α,β-unsaturated/α-hetero) is 1. The van der Waals surface area contributed by atoms with Crippen LogP contribution in [0.4, 0.5) is 0 Å². The third-order valence-corrected chi connectivity index (χ3v) is 2.93. The van der Waals surface area contributed by atoms with Crippen LogP contribution in [0.5, 0.6) is 0 Å². The van der Waals surface area contributed by atoms with Crippen LogP contribution >= 0.6 is 0 Å². The Kier molecular flexibility index (Phi) is 4.27. The Hall–Kier alpha value is -0.900. The van der Waals surface area contributed by atoms with Crippen LogP contribution in [0.15, 0.2) is 0 Å².